The van der Waals surface area contributed by atoms with Gasteiger partial charge in [0.1, 0.15) is 5.60 Å². The monoisotopic (exact) mass is 297 g/mol. The lowest BCUT2D eigenvalue weighted by Gasteiger charge is -2.31. The number of carboxylic acids is 1. The summed E-state index contributed by atoms with van der Waals surface area (Å²) in [5.74, 6) is -0.0667. The average molecular weight is 297 g/mol. The van der Waals surface area contributed by atoms with Crippen molar-refractivity contribution >= 4 is 12.1 Å². The van der Waals surface area contributed by atoms with Crippen molar-refractivity contribution in [3.8, 4) is 0 Å². The zero-order chi connectivity index (χ0) is 16.0. The third kappa shape index (κ3) is 7.16. The maximum absolute atomic E-state index is 11.9. The quantitative estimate of drug-likeness (QED) is 0.808. The molecule has 5 nitrogen and oxygen atoms in total. The van der Waals surface area contributed by atoms with Crippen LogP contribution in [0.4, 0.5) is 4.79 Å². The van der Waals surface area contributed by atoms with Crippen LogP contribution in [0.2, 0.25) is 0 Å². The molecule has 1 N–H and O–H groups in total. The van der Waals surface area contributed by atoms with Gasteiger partial charge in [-0.25, -0.2) is 9.59 Å². The molecule has 0 aromatic rings. The molecule has 1 saturated carbocycles. The van der Waals surface area contributed by atoms with Gasteiger partial charge < -0.3 is 14.7 Å². The molecule has 0 spiro atoms. The van der Waals surface area contributed by atoms with Gasteiger partial charge in [-0.3, -0.25) is 0 Å². The topological polar surface area (TPSA) is 66.8 Å². The highest BCUT2D eigenvalue weighted by Crippen LogP contribution is 2.30. The van der Waals surface area contributed by atoms with E-state index in [0.29, 0.717) is 18.4 Å². The minimum atomic E-state index is -0.887. The van der Waals surface area contributed by atoms with E-state index in [1.165, 1.54) is 6.08 Å². The standard InChI is InChI=1S/C16H27NO4/c1-16(2,3)21-15(20)17(4)11-13-7-5-12(6-8-13)9-10-14(18)19/h9-10,12-13H,5-8,11H2,1-4H3,(H,18,19)/b10-9+. The number of hydrogen-bond donors (Lipinski definition) is 1. The van der Waals surface area contributed by atoms with E-state index in [0.717, 1.165) is 25.7 Å². The molecule has 1 amide bonds. The summed E-state index contributed by atoms with van der Waals surface area (Å²) in [6.07, 6.45) is 6.74. The van der Waals surface area contributed by atoms with Gasteiger partial charge >= 0.3 is 12.1 Å². The van der Waals surface area contributed by atoms with E-state index in [2.05, 4.69) is 0 Å². The molecular weight excluding hydrogens is 270 g/mol. The number of carbonyl (C=O) groups is 2. The molecule has 0 aliphatic heterocycles. The molecule has 0 atom stereocenters. The van der Waals surface area contributed by atoms with Gasteiger partial charge in [-0.05, 0) is 58.3 Å². The first-order valence-electron chi connectivity index (χ1n) is 7.52. The first kappa shape index (κ1) is 17.5. The Kier molecular flexibility index (Phi) is 6.24. The van der Waals surface area contributed by atoms with Crippen molar-refractivity contribution in [3.05, 3.63) is 12.2 Å². The van der Waals surface area contributed by atoms with E-state index in [-0.39, 0.29) is 6.09 Å². The highest BCUT2D eigenvalue weighted by Gasteiger charge is 2.25. The zero-order valence-corrected chi connectivity index (χ0v) is 13.5. The molecule has 1 aliphatic carbocycles. The molecular formula is C16H27NO4. The Hall–Kier alpha value is -1.52. The molecule has 0 unspecified atom stereocenters. The lowest BCUT2D eigenvalue weighted by atomic mass is 9.81. The van der Waals surface area contributed by atoms with Crippen molar-refractivity contribution in [1.29, 1.82) is 0 Å². The number of allylic oxidation sites excluding steroid dienone is 1. The van der Waals surface area contributed by atoms with Gasteiger partial charge in [-0.2, -0.15) is 0 Å². The van der Waals surface area contributed by atoms with E-state index in [4.69, 9.17) is 9.84 Å². The SMILES string of the molecule is CN(CC1CCC(/C=C/C(=O)O)CC1)C(=O)OC(C)(C)C. The van der Waals surface area contributed by atoms with Gasteiger partial charge in [-0.1, -0.05) is 6.08 Å². The maximum atomic E-state index is 11.9. The third-order valence-electron chi connectivity index (χ3n) is 3.64. The number of rotatable bonds is 4. The van der Waals surface area contributed by atoms with Gasteiger partial charge in [0.15, 0.2) is 0 Å². The molecule has 1 aliphatic rings. The van der Waals surface area contributed by atoms with Crippen LogP contribution < -0.4 is 0 Å². The minimum absolute atomic E-state index is 0.282. The molecule has 0 aromatic carbocycles. The van der Waals surface area contributed by atoms with Gasteiger partial charge in [-0.15, -0.1) is 0 Å². The van der Waals surface area contributed by atoms with Crippen LogP contribution in [0.25, 0.3) is 0 Å². The van der Waals surface area contributed by atoms with Crippen molar-refractivity contribution in [2.75, 3.05) is 13.6 Å². The number of aliphatic carboxylic acids is 1. The number of ether oxygens (including phenoxy) is 1. The summed E-state index contributed by atoms with van der Waals surface area (Å²) in [5, 5.41) is 8.62. The normalized spacial score (nSPS) is 23.0. The highest BCUT2D eigenvalue weighted by molar-refractivity contribution is 5.79. The van der Waals surface area contributed by atoms with Gasteiger partial charge in [0.05, 0.1) is 0 Å². The summed E-state index contributed by atoms with van der Waals surface area (Å²) >= 11 is 0. The predicted octanol–water partition coefficient (Wildman–Crippen LogP) is 3.30. The number of amides is 1. The summed E-state index contributed by atoms with van der Waals surface area (Å²) in [4.78, 5) is 24.0. The van der Waals surface area contributed by atoms with Crippen LogP contribution >= 0.6 is 0 Å². The van der Waals surface area contributed by atoms with Crippen LogP contribution in [0.3, 0.4) is 0 Å². The van der Waals surface area contributed by atoms with E-state index in [9.17, 15) is 9.59 Å². The van der Waals surface area contributed by atoms with Crippen LogP contribution in [-0.2, 0) is 9.53 Å². The molecule has 0 radical (unpaired) electrons. The molecule has 0 saturated heterocycles. The Bertz CT molecular complexity index is 390. The predicted molar refractivity (Wildman–Crippen MR) is 81.1 cm³/mol. The minimum Gasteiger partial charge on any atom is -0.478 e. The maximum Gasteiger partial charge on any atom is 0.410 e. The fraction of sp³-hybridized carbons (Fsp3) is 0.750. The summed E-state index contributed by atoms with van der Waals surface area (Å²) in [7, 11) is 1.77. The van der Waals surface area contributed by atoms with Crippen LogP contribution in [0.1, 0.15) is 46.5 Å². The Morgan fingerprint density at radius 2 is 1.81 bits per heavy atom. The summed E-state index contributed by atoms with van der Waals surface area (Å²) in [5.41, 5.74) is -0.468. The summed E-state index contributed by atoms with van der Waals surface area (Å²) in [6, 6.07) is 0. The third-order valence-corrected chi connectivity index (χ3v) is 3.64. The van der Waals surface area contributed by atoms with Crippen molar-refractivity contribution in [2.24, 2.45) is 11.8 Å². The van der Waals surface area contributed by atoms with Crippen molar-refractivity contribution < 1.29 is 19.4 Å². The van der Waals surface area contributed by atoms with E-state index in [1.54, 1.807) is 18.0 Å². The molecule has 1 fully saturated rings. The van der Waals surface area contributed by atoms with Crippen LogP contribution in [0.5, 0.6) is 0 Å². The van der Waals surface area contributed by atoms with Crippen LogP contribution in [-0.4, -0.2) is 41.3 Å². The fourth-order valence-corrected chi connectivity index (χ4v) is 2.58. The molecule has 21 heavy (non-hydrogen) atoms. The van der Waals surface area contributed by atoms with Crippen LogP contribution in [0, 0.1) is 11.8 Å². The fourth-order valence-electron chi connectivity index (χ4n) is 2.58. The Morgan fingerprint density at radius 3 is 2.29 bits per heavy atom. The highest BCUT2D eigenvalue weighted by atomic mass is 16.6. The smallest absolute Gasteiger partial charge is 0.410 e. The van der Waals surface area contributed by atoms with Gasteiger partial charge in [0.25, 0.3) is 0 Å². The Balaban J connectivity index is 2.35. The number of carbonyl (C=O) groups excluding carboxylic acids is 1. The van der Waals surface area contributed by atoms with E-state index < -0.39 is 11.6 Å². The zero-order valence-electron chi connectivity index (χ0n) is 13.5. The summed E-state index contributed by atoms with van der Waals surface area (Å²) in [6.45, 7) is 6.28. The van der Waals surface area contributed by atoms with Crippen molar-refractivity contribution in [2.45, 2.75) is 52.1 Å². The largest absolute Gasteiger partial charge is 0.478 e. The Morgan fingerprint density at radius 1 is 1.24 bits per heavy atom. The van der Waals surface area contributed by atoms with Crippen molar-refractivity contribution in [3.63, 3.8) is 0 Å². The van der Waals surface area contributed by atoms with Crippen molar-refractivity contribution in [1.82, 2.24) is 4.90 Å². The molecule has 0 heterocycles. The van der Waals surface area contributed by atoms with Gasteiger partial charge in [0, 0.05) is 19.7 Å². The van der Waals surface area contributed by atoms with Gasteiger partial charge in [0.2, 0.25) is 0 Å². The number of nitrogens with zero attached hydrogens (tertiary/aromatic N) is 1. The number of hydrogen-bond acceptors (Lipinski definition) is 3. The molecule has 0 aromatic heterocycles. The molecule has 1 rings (SSSR count). The molecule has 120 valence electrons. The molecule has 5 heteroatoms. The molecule has 0 bridgehead atoms. The second kappa shape index (κ2) is 7.48. The van der Waals surface area contributed by atoms with Crippen LogP contribution in [0.15, 0.2) is 12.2 Å². The summed E-state index contributed by atoms with van der Waals surface area (Å²) < 4.78 is 5.34. The first-order chi connectivity index (χ1) is 9.67. The second-order valence-corrected chi connectivity index (χ2v) is 6.84. The van der Waals surface area contributed by atoms with E-state index >= 15 is 0 Å². The number of carboxylic acid groups (broad SMARTS) is 1. The Labute approximate surface area is 127 Å². The first-order valence-corrected chi connectivity index (χ1v) is 7.52. The van der Waals surface area contributed by atoms with E-state index in [1.807, 2.05) is 20.8 Å². The average Bonchev–Trinajstić information content (AvgIpc) is 2.35. The second-order valence-electron chi connectivity index (χ2n) is 6.84. The lowest BCUT2D eigenvalue weighted by molar-refractivity contribution is -0.131. The lowest BCUT2D eigenvalue weighted by Crippen LogP contribution is -2.37.